The van der Waals surface area contributed by atoms with Crippen LogP contribution in [0.25, 0.3) is 0 Å². The predicted octanol–water partition coefficient (Wildman–Crippen LogP) is 1.35. The molecular weight excluding hydrogens is 244 g/mol. The molecule has 5 heteroatoms. The van der Waals surface area contributed by atoms with E-state index in [2.05, 4.69) is 11.8 Å². The Labute approximate surface area is 114 Å². The number of likely N-dealkylation sites (N-methyl/N-ethyl adjacent to an activating group) is 1. The van der Waals surface area contributed by atoms with Crippen molar-refractivity contribution in [2.75, 3.05) is 26.7 Å². The summed E-state index contributed by atoms with van der Waals surface area (Å²) in [7, 11) is 1.77. The quantitative estimate of drug-likeness (QED) is 0.782. The lowest BCUT2D eigenvalue weighted by molar-refractivity contribution is -0.134. The molecule has 0 aliphatic carbocycles. The lowest BCUT2D eigenvalue weighted by atomic mass is 10.0. The third kappa shape index (κ3) is 3.80. The highest BCUT2D eigenvalue weighted by atomic mass is 16.4. The van der Waals surface area contributed by atoms with E-state index < -0.39 is 5.97 Å². The van der Waals surface area contributed by atoms with Crippen molar-refractivity contribution in [2.24, 2.45) is 0 Å². The topological polar surface area (TPSA) is 60.9 Å². The van der Waals surface area contributed by atoms with Crippen LogP contribution < -0.4 is 0 Å². The lowest BCUT2D eigenvalue weighted by Gasteiger charge is -2.36. The largest absolute Gasteiger partial charge is 0.478 e. The van der Waals surface area contributed by atoms with Gasteiger partial charge < -0.3 is 14.9 Å². The zero-order valence-electron chi connectivity index (χ0n) is 12.3. The maximum atomic E-state index is 12.2. The van der Waals surface area contributed by atoms with Gasteiger partial charge in [0.15, 0.2) is 0 Å². The van der Waals surface area contributed by atoms with E-state index in [1.165, 1.54) is 6.92 Å². The smallest absolute Gasteiger partial charge is 0.331 e. The molecule has 0 aromatic heterocycles. The molecule has 0 aromatic carbocycles. The Morgan fingerprint density at radius 3 is 2.16 bits per heavy atom. The third-order valence-electron chi connectivity index (χ3n) is 4.08. The third-order valence-corrected chi connectivity index (χ3v) is 4.08. The molecular formula is C14H24N2O3. The number of likely N-dealkylation sites (tertiary alicyclic amines) is 1. The summed E-state index contributed by atoms with van der Waals surface area (Å²) in [5, 5.41) is 8.92. The molecule has 1 aliphatic rings. The van der Waals surface area contributed by atoms with Gasteiger partial charge in [-0.25, -0.2) is 4.79 Å². The molecule has 0 radical (unpaired) electrons. The zero-order valence-corrected chi connectivity index (χ0v) is 12.3. The van der Waals surface area contributed by atoms with Gasteiger partial charge in [-0.3, -0.25) is 4.79 Å². The van der Waals surface area contributed by atoms with Gasteiger partial charge in [-0.1, -0.05) is 6.92 Å². The van der Waals surface area contributed by atoms with Crippen molar-refractivity contribution in [3.8, 4) is 0 Å². The Morgan fingerprint density at radius 1 is 1.21 bits per heavy atom. The van der Waals surface area contributed by atoms with Crippen LogP contribution in [0.15, 0.2) is 11.1 Å². The average molecular weight is 268 g/mol. The number of rotatable bonds is 4. The molecule has 0 spiro atoms. The summed E-state index contributed by atoms with van der Waals surface area (Å²) in [6, 6.07) is 0.215. The second-order valence-electron chi connectivity index (χ2n) is 5.14. The second-order valence-corrected chi connectivity index (χ2v) is 5.14. The van der Waals surface area contributed by atoms with Crippen LogP contribution in [-0.2, 0) is 9.59 Å². The SMILES string of the molecule is CCN1CCC(N(C)C(=O)C(C)=C(C)C(=O)O)CC1. The van der Waals surface area contributed by atoms with Crippen molar-refractivity contribution in [3.63, 3.8) is 0 Å². The van der Waals surface area contributed by atoms with Gasteiger partial charge in [0.2, 0.25) is 5.91 Å². The highest BCUT2D eigenvalue weighted by Gasteiger charge is 2.26. The number of aliphatic carboxylic acids is 1. The fourth-order valence-corrected chi connectivity index (χ4v) is 2.37. The molecule has 1 heterocycles. The van der Waals surface area contributed by atoms with Gasteiger partial charge in [0.1, 0.15) is 0 Å². The molecule has 108 valence electrons. The van der Waals surface area contributed by atoms with E-state index in [0.29, 0.717) is 5.57 Å². The van der Waals surface area contributed by atoms with Gasteiger partial charge in [0, 0.05) is 37.3 Å². The van der Waals surface area contributed by atoms with Crippen LogP contribution in [0.5, 0.6) is 0 Å². The summed E-state index contributed by atoms with van der Waals surface area (Å²) in [4.78, 5) is 27.2. The number of amides is 1. The summed E-state index contributed by atoms with van der Waals surface area (Å²) >= 11 is 0. The predicted molar refractivity (Wildman–Crippen MR) is 73.9 cm³/mol. The van der Waals surface area contributed by atoms with Crippen molar-refractivity contribution in [3.05, 3.63) is 11.1 Å². The van der Waals surface area contributed by atoms with E-state index >= 15 is 0 Å². The van der Waals surface area contributed by atoms with Crippen LogP contribution >= 0.6 is 0 Å². The number of carboxylic acid groups (broad SMARTS) is 1. The number of carbonyl (C=O) groups is 2. The van der Waals surface area contributed by atoms with Gasteiger partial charge in [-0.2, -0.15) is 0 Å². The summed E-state index contributed by atoms with van der Waals surface area (Å²) in [5.74, 6) is -1.20. The summed E-state index contributed by atoms with van der Waals surface area (Å²) in [5.41, 5.74) is 0.454. The van der Waals surface area contributed by atoms with Crippen LogP contribution in [0.2, 0.25) is 0 Å². The molecule has 1 fully saturated rings. The monoisotopic (exact) mass is 268 g/mol. The van der Waals surface area contributed by atoms with E-state index in [9.17, 15) is 9.59 Å². The number of nitrogens with zero attached hydrogens (tertiary/aromatic N) is 2. The second kappa shape index (κ2) is 6.70. The van der Waals surface area contributed by atoms with E-state index in [4.69, 9.17) is 5.11 Å². The Balaban J connectivity index is 2.68. The number of hydrogen-bond acceptors (Lipinski definition) is 3. The Morgan fingerprint density at radius 2 is 1.74 bits per heavy atom. The van der Waals surface area contributed by atoms with Crippen molar-refractivity contribution >= 4 is 11.9 Å². The molecule has 1 rings (SSSR count). The first-order valence-electron chi connectivity index (χ1n) is 6.78. The van der Waals surface area contributed by atoms with Gasteiger partial charge in [-0.05, 0) is 33.2 Å². The van der Waals surface area contributed by atoms with Crippen molar-refractivity contribution in [2.45, 2.75) is 39.7 Å². The van der Waals surface area contributed by atoms with Crippen LogP contribution in [-0.4, -0.2) is 59.5 Å². The molecule has 0 aromatic rings. The van der Waals surface area contributed by atoms with Crippen LogP contribution in [0.4, 0.5) is 0 Å². The molecule has 0 saturated carbocycles. The van der Waals surface area contributed by atoms with Gasteiger partial charge in [0.05, 0.1) is 0 Å². The maximum absolute atomic E-state index is 12.2. The van der Waals surface area contributed by atoms with Crippen LogP contribution in [0.3, 0.4) is 0 Å². The minimum absolute atomic E-state index is 0.128. The molecule has 1 saturated heterocycles. The van der Waals surface area contributed by atoms with E-state index in [1.807, 2.05) is 0 Å². The number of carbonyl (C=O) groups excluding carboxylic acids is 1. The zero-order chi connectivity index (χ0) is 14.6. The first-order chi connectivity index (χ1) is 8.88. The highest BCUT2D eigenvalue weighted by Crippen LogP contribution is 2.18. The van der Waals surface area contributed by atoms with Gasteiger partial charge in [0.25, 0.3) is 0 Å². The molecule has 0 bridgehead atoms. The van der Waals surface area contributed by atoms with E-state index in [-0.39, 0.29) is 17.5 Å². The molecule has 0 atom stereocenters. The average Bonchev–Trinajstić information content (AvgIpc) is 2.44. The fraction of sp³-hybridized carbons (Fsp3) is 0.714. The van der Waals surface area contributed by atoms with Crippen molar-refractivity contribution in [1.29, 1.82) is 0 Å². The van der Waals surface area contributed by atoms with E-state index in [1.54, 1.807) is 18.9 Å². The summed E-state index contributed by atoms with van der Waals surface area (Å²) < 4.78 is 0. The van der Waals surface area contributed by atoms with E-state index in [0.717, 1.165) is 32.5 Å². The van der Waals surface area contributed by atoms with Gasteiger partial charge >= 0.3 is 5.97 Å². The number of hydrogen-bond donors (Lipinski definition) is 1. The summed E-state index contributed by atoms with van der Waals surface area (Å²) in [6.07, 6.45) is 1.91. The summed E-state index contributed by atoms with van der Waals surface area (Å²) in [6.45, 7) is 8.24. The lowest BCUT2D eigenvalue weighted by Crippen LogP contribution is -2.45. The van der Waals surface area contributed by atoms with Crippen molar-refractivity contribution < 1.29 is 14.7 Å². The normalized spacial score (nSPS) is 18.9. The molecule has 5 nitrogen and oxygen atoms in total. The first-order valence-corrected chi connectivity index (χ1v) is 6.78. The Bertz CT molecular complexity index is 382. The van der Waals surface area contributed by atoms with Crippen LogP contribution in [0.1, 0.15) is 33.6 Å². The van der Waals surface area contributed by atoms with Crippen LogP contribution in [0, 0.1) is 0 Å². The minimum Gasteiger partial charge on any atom is -0.478 e. The Hall–Kier alpha value is -1.36. The van der Waals surface area contributed by atoms with Gasteiger partial charge in [-0.15, -0.1) is 0 Å². The molecule has 1 N–H and O–H groups in total. The molecule has 1 amide bonds. The maximum Gasteiger partial charge on any atom is 0.331 e. The fourth-order valence-electron chi connectivity index (χ4n) is 2.37. The minimum atomic E-state index is -1.03. The number of carboxylic acids is 1. The Kier molecular flexibility index (Phi) is 5.54. The molecule has 1 aliphatic heterocycles. The highest BCUT2D eigenvalue weighted by molar-refractivity contribution is 6.01. The first kappa shape index (κ1) is 15.7. The standard InChI is InChI=1S/C14H24N2O3/c1-5-16-8-6-12(7-9-16)15(4)13(17)10(2)11(3)14(18)19/h12H,5-9H2,1-4H3,(H,18,19). The van der Waals surface area contributed by atoms with Crippen molar-refractivity contribution in [1.82, 2.24) is 9.80 Å². The molecule has 19 heavy (non-hydrogen) atoms. The molecule has 0 unspecified atom stereocenters. The number of piperidine rings is 1.